The topological polar surface area (TPSA) is 55.2 Å². The second-order valence-electron chi connectivity index (χ2n) is 4.26. The lowest BCUT2D eigenvalue weighted by Gasteiger charge is -2.14. The van der Waals surface area contributed by atoms with Gasteiger partial charge in [-0.25, -0.2) is 0 Å². The highest BCUT2D eigenvalue weighted by Gasteiger charge is 2.05. The maximum Gasteiger partial charge on any atom is 0.139 e. The Kier molecular flexibility index (Phi) is 7.87. The normalized spacial score (nSPS) is 9.95. The molecule has 0 amide bonds. The van der Waals surface area contributed by atoms with Crippen molar-refractivity contribution in [2.45, 2.75) is 32.8 Å². The monoisotopic (exact) mass is 328 g/mol. The first kappa shape index (κ1) is 17.5. The van der Waals surface area contributed by atoms with Crippen LogP contribution in [-0.2, 0) is 0 Å². The summed E-state index contributed by atoms with van der Waals surface area (Å²) in [5.74, 6) is 0.846. The molecule has 0 unspecified atom stereocenters. The summed E-state index contributed by atoms with van der Waals surface area (Å²) in [6.45, 7) is 4.21. The van der Waals surface area contributed by atoms with Crippen LogP contribution in [-0.4, -0.2) is 21.2 Å². The van der Waals surface area contributed by atoms with Crippen LogP contribution in [0.2, 0.25) is 10.0 Å². The fourth-order valence-electron chi connectivity index (χ4n) is 1.51. The van der Waals surface area contributed by atoms with E-state index in [2.05, 4.69) is 23.8 Å². The van der Waals surface area contributed by atoms with Gasteiger partial charge in [-0.05, 0) is 12.8 Å². The van der Waals surface area contributed by atoms with E-state index in [4.69, 9.17) is 33.0 Å². The molecule has 4 nitrogen and oxygen atoms in total. The molecule has 0 fully saturated rings. The molecule has 6 heteroatoms. The van der Waals surface area contributed by atoms with Gasteiger partial charge in [0, 0.05) is 24.5 Å². The summed E-state index contributed by atoms with van der Waals surface area (Å²) in [5, 5.41) is 9.73. The lowest BCUT2D eigenvalue weighted by molar-refractivity contribution is 0.192. The number of nitrogens with zero attached hydrogens (tertiary/aromatic N) is 2. The Morgan fingerprint density at radius 2 is 1.57 bits per heavy atom. The van der Waals surface area contributed by atoms with Gasteiger partial charge in [-0.2, -0.15) is 0 Å². The number of ether oxygens (including phenoxy) is 1. The van der Waals surface area contributed by atoms with Gasteiger partial charge in [0.15, 0.2) is 0 Å². The van der Waals surface area contributed by atoms with Crippen molar-refractivity contribution in [2.24, 2.45) is 0 Å². The number of aromatic hydroxyl groups is 1. The van der Waals surface area contributed by atoms with Crippen molar-refractivity contribution in [3.63, 3.8) is 0 Å². The second kappa shape index (κ2) is 9.42. The molecule has 2 aromatic heterocycles. The average Bonchev–Trinajstić information content (AvgIpc) is 2.45. The highest BCUT2D eigenvalue weighted by molar-refractivity contribution is 6.30. The zero-order valence-electron chi connectivity index (χ0n) is 12.0. The third-order valence-corrected chi connectivity index (χ3v) is 3.00. The highest BCUT2D eigenvalue weighted by Crippen LogP contribution is 2.18. The predicted molar refractivity (Wildman–Crippen MR) is 85.2 cm³/mol. The molecule has 0 saturated carbocycles. The van der Waals surface area contributed by atoms with Gasteiger partial charge in [0.25, 0.3) is 0 Å². The van der Waals surface area contributed by atoms with Crippen molar-refractivity contribution in [3.05, 3.63) is 47.0 Å². The molecule has 2 aromatic rings. The standard InChI is InChI=1S/C10H14ClNO.C5H4ClNO/c1-3-9(4-2)13-10-5-8(11)6-12-7-10;6-4-1-5(8)3-7-2-4/h5-7,9H,3-4H2,1-2H3;1-3,8H. The number of pyridine rings is 2. The zero-order valence-corrected chi connectivity index (χ0v) is 13.5. The van der Waals surface area contributed by atoms with Crippen molar-refractivity contribution in [1.29, 1.82) is 0 Å². The largest absolute Gasteiger partial charge is 0.506 e. The first-order valence-corrected chi connectivity index (χ1v) is 7.37. The number of hydrogen-bond donors (Lipinski definition) is 1. The summed E-state index contributed by atoms with van der Waals surface area (Å²) in [7, 11) is 0. The van der Waals surface area contributed by atoms with E-state index in [1.165, 1.54) is 18.5 Å². The Balaban J connectivity index is 0.000000235. The van der Waals surface area contributed by atoms with Crippen molar-refractivity contribution < 1.29 is 9.84 Å². The molecule has 0 aliphatic rings. The van der Waals surface area contributed by atoms with Gasteiger partial charge in [0.2, 0.25) is 0 Å². The molecule has 0 radical (unpaired) electrons. The SMILES string of the molecule is CCC(CC)Oc1cncc(Cl)c1.Oc1cncc(Cl)c1. The van der Waals surface area contributed by atoms with E-state index in [0.717, 1.165) is 18.6 Å². The molecule has 2 rings (SSSR count). The molecule has 1 N–H and O–H groups in total. The minimum atomic E-state index is 0.0949. The quantitative estimate of drug-likeness (QED) is 0.880. The molecule has 0 saturated heterocycles. The van der Waals surface area contributed by atoms with Crippen LogP contribution in [0.4, 0.5) is 0 Å². The van der Waals surface area contributed by atoms with Gasteiger partial charge in [0.1, 0.15) is 11.5 Å². The summed E-state index contributed by atoms with van der Waals surface area (Å²) in [6.07, 6.45) is 8.34. The van der Waals surface area contributed by atoms with E-state index >= 15 is 0 Å². The lowest BCUT2D eigenvalue weighted by atomic mass is 10.2. The van der Waals surface area contributed by atoms with Crippen molar-refractivity contribution in [1.82, 2.24) is 9.97 Å². The van der Waals surface area contributed by atoms with Gasteiger partial charge >= 0.3 is 0 Å². The van der Waals surface area contributed by atoms with Crippen LogP contribution in [0.5, 0.6) is 11.5 Å². The van der Waals surface area contributed by atoms with E-state index in [9.17, 15) is 0 Å². The van der Waals surface area contributed by atoms with E-state index in [1.54, 1.807) is 18.5 Å². The number of hydrogen-bond acceptors (Lipinski definition) is 4. The van der Waals surface area contributed by atoms with Gasteiger partial charge in [0.05, 0.1) is 28.5 Å². The fraction of sp³-hybridized carbons (Fsp3) is 0.333. The summed E-state index contributed by atoms with van der Waals surface area (Å²) >= 11 is 11.2. The van der Waals surface area contributed by atoms with Crippen molar-refractivity contribution >= 4 is 23.2 Å². The molecule has 0 aromatic carbocycles. The zero-order chi connectivity index (χ0) is 15.7. The van der Waals surface area contributed by atoms with E-state index in [0.29, 0.717) is 10.0 Å². The first-order chi connectivity index (χ1) is 10.0. The molecule has 2 heterocycles. The van der Waals surface area contributed by atoms with Crippen LogP contribution in [0.15, 0.2) is 36.9 Å². The average molecular weight is 329 g/mol. The summed E-state index contributed by atoms with van der Waals surface area (Å²) in [6, 6.07) is 3.21. The maximum atomic E-state index is 8.67. The Hall–Kier alpha value is -1.52. The Bertz CT molecular complexity index is 531. The van der Waals surface area contributed by atoms with Crippen LogP contribution >= 0.6 is 23.2 Å². The van der Waals surface area contributed by atoms with Crippen LogP contribution in [0.1, 0.15) is 26.7 Å². The second-order valence-corrected chi connectivity index (χ2v) is 5.13. The van der Waals surface area contributed by atoms with Crippen molar-refractivity contribution in [2.75, 3.05) is 0 Å². The third-order valence-electron chi connectivity index (χ3n) is 2.58. The van der Waals surface area contributed by atoms with Crippen molar-refractivity contribution in [3.8, 4) is 11.5 Å². The maximum absolute atomic E-state index is 8.67. The summed E-state index contributed by atoms with van der Waals surface area (Å²) in [5.41, 5.74) is 0. The predicted octanol–water partition coefficient (Wildman–Crippen LogP) is 4.74. The fourth-order valence-corrected chi connectivity index (χ4v) is 1.84. The first-order valence-electron chi connectivity index (χ1n) is 6.61. The third kappa shape index (κ3) is 7.16. The van der Waals surface area contributed by atoms with E-state index in [1.807, 2.05) is 0 Å². The Morgan fingerprint density at radius 3 is 2.00 bits per heavy atom. The number of rotatable bonds is 4. The molecule has 114 valence electrons. The van der Waals surface area contributed by atoms with E-state index in [-0.39, 0.29) is 11.9 Å². The smallest absolute Gasteiger partial charge is 0.139 e. The lowest BCUT2D eigenvalue weighted by Crippen LogP contribution is -2.13. The van der Waals surface area contributed by atoms with Gasteiger partial charge in [-0.15, -0.1) is 0 Å². The molecule has 21 heavy (non-hydrogen) atoms. The van der Waals surface area contributed by atoms with Crippen LogP contribution in [0, 0.1) is 0 Å². The Morgan fingerprint density at radius 1 is 1.00 bits per heavy atom. The van der Waals surface area contributed by atoms with E-state index < -0.39 is 0 Å². The molecular formula is C15H18Cl2N2O2. The van der Waals surface area contributed by atoms with Crippen LogP contribution in [0.25, 0.3) is 0 Å². The van der Waals surface area contributed by atoms with Gasteiger partial charge in [-0.1, -0.05) is 37.0 Å². The molecule has 0 aliphatic carbocycles. The number of aromatic nitrogens is 2. The molecule has 0 bridgehead atoms. The van der Waals surface area contributed by atoms with Gasteiger partial charge in [-0.3, -0.25) is 9.97 Å². The number of halogens is 2. The minimum Gasteiger partial charge on any atom is -0.506 e. The minimum absolute atomic E-state index is 0.0949. The molecule has 0 aliphatic heterocycles. The Labute approximate surface area is 134 Å². The summed E-state index contributed by atoms with van der Waals surface area (Å²) < 4.78 is 5.65. The summed E-state index contributed by atoms with van der Waals surface area (Å²) in [4.78, 5) is 7.55. The van der Waals surface area contributed by atoms with Crippen LogP contribution < -0.4 is 4.74 Å². The molecular weight excluding hydrogens is 311 g/mol. The highest BCUT2D eigenvalue weighted by atomic mass is 35.5. The molecule has 0 atom stereocenters. The van der Waals surface area contributed by atoms with Crippen LogP contribution in [0.3, 0.4) is 0 Å². The molecule has 0 spiro atoms. The van der Waals surface area contributed by atoms with Gasteiger partial charge < -0.3 is 9.84 Å².